The summed E-state index contributed by atoms with van der Waals surface area (Å²) in [5.41, 5.74) is 0.810. The van der Waals surface area contributed by atoms with Crippen LogP contribution in [0.2, 0.25) is 0 Å². The van der Waals surface area contributed by atoms with E-state index in [1.807, 2.05) is 0 Å². The average Bonchev–Trinajstić information content (AvgIpc) is 3.26. The topological polar surface area (TPSA) is 78.5 Å². The number of benzene rings is 1. The zero-order valence-electron chi connectivity index (χ0n) is 14.6. The van der Waals surface area contributed by atoms with Gasteiger partial charge >= 0.3 is 0 Å². The Morgan fingerprint density at radius 2 is 1.92 bits per heavy atom. The first-order valence-corrected chi connectivity index (χ1v) is 9.80. The van der Waals surface area contributed by atoms with Crippen molar-refractivity contribution in [3.05, 3.63) is 29.8 Å². The van der Waals surface area contributed by atoms with Crippen molar-refractivity contribution in [3.63, 3.8) is 0 Å². The Hall–Kier alpha value is -1.15. The lowest BCUT2D eigenvalue weighted by molar-refractivity contribution is -0.123. The molecule has 2 fully saturated rings. The van der Waals surface area contributed by atoms with Crippen LogP contribution in [-0.2, 0) is 21.4 Å². The van der Waals surface area contributed by atoms with E-state index in [1.165, 1.54) is 18.4 Å². The van der Waals surface area contributed by atoms with Gasteiger partial charge in [-0.25, -0.2) is 12.7 Å². The second-order valence-electron chi connectivity index (χ2n) is 6.98. The molecule has 8 heteroatoms. The molecule has 1 aliphatic heterocycles. The highest BCUT2D eigenvalue weighted by Gasteiger charge is 2.57. The van der Waals surface area contributed by atoms with E-state index in [1.54, 1.807) is 24.3 Å². The monoisotopic (exact) mass is 387 g/mol. The first kappa shape index (κ1) is 20.2. The zero-order chi connectivity index (χ0) is 17.4. The number of halogens is 1. The average molecular weight is 388 g/mol. The molecule has 1 atom stereocenters. The molecular formula is C17H26ClN3O3S. The molecule has 2 N–H and O–H groups in total. The summed E-state index contributed by atoms with van der Waals surface area (Å²) in [5.74, 6) is 0.131. The summed E-state index contributed by atoms with van der Waals surface area (Å²) >= 11 is 0. The third-order valence-electron chi connectivity index (χ3n) is 5.29. The molecule has 1 saturated heterocycles. The summed E-state index contributed by atoms with van der Waals surface area (Å²) in [6.45, 7) is 2.20. The van der Waals surface area contributed by atoms with Crippen LogP contribution in [-0.4, -0.2) is 45.8 Å². The minimum atomic E-state index is -3.51. The molecule has 1 saturated carbocycles. The Labute approximate surface area is 155 Å². The molecule has 140 valence electrons. The number of hydrogen-bond acceptors (Lipinski definition) is 4. The molecule has 25 heavy (non-hydrogen) atoms. The molecule has 1 heterocycles. The number of rotatable bonds is 5. The summed E-state index contributed by atoms with van der Waals surface area (Å²) in [7, 11) is -0.494. The van der Waals surface area contributed by atoms with Gasteiger partial charge in [-0.2, -0.15) is 0 Å². The lowest BCUT2D eigenvalue weighted by Gasteiger charge is -2.23. The number of hydrogen-bond donors (Lipinski definition) is 2. The Bertz CT molecular complexity index is 730. The van der Waals surface area contributed by atoms with Crippen LogP contribution >= 0.6 is 12.4 Å². The highest BCUT2D eigenvalue weighted by molar-refractivity contribution is 7.89. The first-order valence-electron chi connectivity index (χ1n) is 8.36. The normalized spacial score (nSPS) is 21.6. The molecule has 0 radical (unpaired) electrons. The lowest BCUT2D eigenvalue weighted by Crippen LogP contribution is -2.33. The van der Waals surface area contributed by atoms with E-state index >= 15 is 0 Å². The van der Waals surface area contributed by atoms with Gasteiger partial charge < -0.3 is 10.6 Å². The van der Waals surface area contributed by atoms with Gasteiger partial charge in [0.15, 0.2) is 0 Å². The summed E-state index contributed by atoms with van der Waals surface area (Å²) < 4.78 is 26.0. The Morgan fingerprint density at radius 1 is 1.28 bits per heavy atom. The molecule has 6 nitrogen and oxygen atoms in total. The molecule has 0 aromatic heterocycles. The van der Waals surface area contributed by atoms with Crippen molar-refractivity contribution >= 4 is 28.3 Å². The molecular weight excluding hydrogens is 362 g/mol. The molecule has 1 aromatic carbocycles. The molecule has 0 bridgehead atoms. The van der Waals surface area contributed by atoms with Gasteiger partial charge in [0.05, 0.1) is 4.90 Å². The number of amides is 1. The van der Waals surface area contributed by atoms with E-state index in [0.29, 0.717) is 5.56 Å². The Balaban J connectivity index is 0.00000225. The van der Waals surface area contributed by atoms with Crippen LogP contribution in [0.4, 0.5) is 0 Å². The summed E-state index contributed by atoms with van der Waals surface area (Å²) in [4.78, 5) is 12.7. The van der Waals surface area contributed by atoms with Crippen molar-refractivity contribution in [2.24, 2.45) is 11.3 Å². The fraction of sp³-hybridized carbons (Fsp3) is 0.588. The molecule has 1 aromatic rings. The van der Waals surface area contributed by atoms with Crippen LogP contribution < -0.4 is 10.6 Å². The van der Waals surface area contributed by atoms with Crippen LogP contribution in [0.3, 0.4) is 0 Å². The van der Waals surface area contributed by atoms with E-state index in [-0.39, 0.29) is 41.1 Å². The van der Waals surface area contributed by atoms with Crippen LogP contribution in [0.1, 0.15) is 24.8 Å². The van der Waals surface area contributed by atoms with Gasteiger partial charge in [-0.3, -0.25) is 4.79 Å². The highest BCUT2D eigenvalue weighted by Crippen LogP contribution is 2.58. The van der Waals surface area contributed by atoms with Gasteiger partial charge in [-0.05, 0) is 49.4 Å². The van der Waals surface area contributed by atoms with E-state index in [4.69, 9.17) is 0 Å². The number of carbonyl (C=O) groups excluding carboxylic acids is 1. The van der Waals surface area contributed by atoms with E-state index < -0.39 is 10.0 Å². The minimum Gasteiger partial charge on any atom is -0.352 e. The number of carbonyl (C=O) groups is 1. The molecule has 1 amide bonds. The Morgan fingerprint density at radius 3 is 2.56 bits per heavy atom. The van der Waals surface area contributed by atoms with Crippen LogP contribution in [0, 0.1) is 11.3 Å². The maximum Gasteiger partial charge on any atom is 0.242 e. The molecule has 2 aliphatic rings. The van der Waals surface area contributed by atoms with Gasteiger partial charge in [0.2, 0.25) is 15.9 Å². The smallest absolute Gasteiger partial charge is 0.242 e. The zero-order valence-corrected chi connectivity index (χ0v) is 16.3. The Kier molecular flexibility index (Phi) is 6.14. The fourth-order valence-corrected chi connectivity index (χ4v) is 4.71. The maximum atomic E-state index is 12.5. The van der Waals surface area contributed by atoms with Gasteiger partial charge in [-0.15, -0.1) is 12.4 Å². The maximum absolute atomic E-state index is 12.5. The van der Waals surface area contributed by atoms with Gasteiger partial charge in [-0.1, -0.05) is 18.2 Å². The van der Waals surface area contributed by atoms with Crippen LogP contribution in [0.15, 0.2) is 29.2 Å². The van der Waals surface area contributed by atoms with Crippen molar-refractivity contribution in [2.45, 2.75) is 30.7 Å². The van der Waals surface area contributed by atoms with Crippen LogP contribution in [0.25, 0.3) is 0 Å². The fourth-order valence-electron chi connectivity index (χ4n) is 3.60. The van der Waals surface area contributed by atoms with E-state index in [2.05, 4.69) is 10.6 Å². The first-order chi connectivity index (χ1) is 11.4. The van der Waals surface area contributed by atoms with E-state index in [9.17, 15) is 13.2 Å². The van der Waals surface area contributed by atoms with Gasteiger partial charge in [0.25, 0.3) is 0 Å². The second kappa shape index (κ2) is 7.61. The number of sulfonamides is 1. The molecule has 1 aliphatic carbocycles. The molecule has 1 spiro atoms. The molecule has 3 rings (SSSR count). The summed E-state index contributed by atoms with van der Waals surface area (Å²) in [5, 5.41) is 6.27. The number of nitrogens with zero attached hydrogens (tertiary/aromatic N) is 1. The third-order valence-corrected chi connectivity index (χ3v) is 7.21. The van der Waals surface area contributed by atoms with Crippen molar-refractivity contribution in [3.8, 4) is 0 Å². The highest BCUT2D eigenvalue weighted by atomic mass is 35.5. The lowest BCUT2D eigenvalue weighted by atomic mass is 9.92. The quantitative estimate of drug-likeness (QED) is 0.799. The summed E-state index contributed by atoms with van der Waals surface area (Å²) in [6, 6.07) is 6.83. The standard InChI is InChI=1S/C17H25N3O3S.ClH/c1-20(2)24(22,23)15-6-4-3-5-13(15)12-19-16(21)14-11-17(14)7-9-18-10-8-17;/h3-6,14,18H,7-12H2,1-2H3,(H,19,21);1H. The minimum absolute atomic E-state index is 0. The third kappa shape index (κ3) is 4.00. The van der Waals surface area contributed by atoms with Gasteiger partial charge in [0.1, 0.15) is 0 Å². The summed E-state index contributed by atoms with van der Waals surface area (Å²) in [6.07, 6.45) is 3.06. The predicted octanol–water partition coefficient (Wildman–Crippen LogP) is 1.36. The van der Waals surface area contributed by atoms with Crippen LogP contribution in [0.5, 0.6) is 0 Å². The van der Waals surface area contributed by atoms with Crippen molar-refractivity contribution in [1.82, 2.24) is 14.9 Å². The van der Waals surface area contributed by atoms with Crippen molar-refractivity contribution in [2.75, 3.05) is 27.2 Å². The second-order valence-corrected chi connectivity index (χ2v) is 9.10. The van der Waals surface area contributed by atoms with Crippen molar-refractivity contribution in [1.29, 1.82) is 0 Å². The largest absolute Gasteiger partial charge is 0.352 e. The predicted molar refractivity (Wildman–Crippen MR) is 99.1 cm³/mol. The van der Waals surface area contributed by atoms with E-state index in [0.717, 1.165) is 32.4 Å². The number of piperidine rings is 1. The van der Waals surface area contributed by atoms with Gasteiger partial charge in [0, 0.05) is 26.6 Å². The van der Waals surface area contributed by atoms with Crippen molar-refractivity contribution < 1.29 is 13.2 Å². The SMILES string of the molecule is CN(C)S(=O)(=O)c1ccccc1CNC(=O)C1CC12CCNCC2.Cl. The number of nitrogens with one attached hydrogen (secondary N) is 2. The molecule has 1 unspecified atom stereocenters.